The third kappa shape index (κ3) is 2.48. The second-order valence-corrected chi connectivity index (χ2v) is 3.05. The van der Waals surface area contributed by atoms with E-state index < -0.39 is 0 Å². The van der Waals surface area contributed by atoms with E-state index in [9.17, 15) is 0 Å². The van der Waals surface area contributed by atoms with Crippen LogP contribution in [0.2, 0.25) is 5.02 Å². The normalized spacial score (nSPS) is 12.9. The summed E-state index contributed by atoms with van der Waals surface area (Å²) >= 11 is 5.79. The summed E-state index contributed by atoms with van der Waals surface area (Å²) in [5, 5.41) is 0.707. The number of benzene rings is 1. The zero-order valence-electron chi connectivity index (χ0n) is 6.96. The van der Waals surface area contributed by atoms with Crippen LogP contribution in [0.3, 0.4) is 0 Å². The summed E-state index contributed by atoms with van der Waals surface area (Å²) in [6.07, 6.45) is 0. The number of hydrogen-bond acceptors (Lipinski definition) is 2. The van der Waals surface area contributed by atoms with E-state index in [-0.39, 0.29) is 6.04 Å². The number of nitrogens with two attached hydrogens (primary N) is 1. The Morgan fingerprint density at radius 3 is 2.92 bits per heavy atom. The first-order valence-corrected chi connectivity index (χ1v) is 4.12. The number of ether oxygens (including phenoxy) is 1. The molecule has 0 saturated heterocycles. The van der Waals surface area contributed by atoms with Crippen molar-refractivity contribution in [2.45, 2.75) is 6.04 Å². The first-order chi connectivity index (χ1) is 5.74. The molecular weight excluding hydrogens is 174 g/mol. The predicted molar refractivity (Wildman–Crippen MR) is 50.3 cm³/mol. The Morgan fingerprint density at radius 2 is 2.33 bits per heavy atom. The summed E-state index contributed by atoms with van der Waals surface area (Å²) in [6.45, 7) is 0.514. The lowest BCUT2D eigenvalue weighted by Crippen LogP contribution is -2.15. The first-order valence-electron chi connectivity index (χ1n) is 3.74. The Morgan fingerprint density at radius 1 is 1.58 bits per heavy atom. The second-order valence-electron chi connectivity index (χ2n) is 2.62. The predicted octanol–water partition coefficient (Wildman–Crippen LogP) is 1.99. The van der Waals surface area contributed by atoms with E-state index in [0.717, 1.165) is 5.56 Å². The van der Waals surface area contributed by atoms with Gasteiger partial charge in [0.2, 0.25) is 0 Å². The van der Waals surface area contributed by atoms with Crippen LogP contribution in [-0.4, -0.2) is 13.7 Å². The maximum atomic E-state index is 5.79. The first kappa shape index (κ1) is 9.52. The molecular formula is C9H12ClNO. The fraction of sp³-hybridized carbons (Fsp3) is 0.333. The van der Waals surface area contributed by atoms with Gasteiger partial charge in [0.15, 0.2) is 0 Å². The molecule has 0 unspecified atom stereocenters. The molecule has 12 heavy (non-hydrogen) atoms. The van der Waals surface area contributed by atoms with Crippen LogP contribution in [0.4, 0.5) is 0 Å². The molecule has 0 spiro atoms. The van der Waals surface area contributed by atoms with Gasteiger partial charge in [-0.25, -0.2) is 0 Å². The van der Waals surface area contributed by atoms with Crippen LogP contribution in [-0.2, 0) is 4.74 Å². The van der Waals surface area contributed by atoms with Crippen LogP contribution in [0.1, 0.15) is 11.6 Å². The number of methoxy groups -OCH3 is 1. The molecule has 0 heterocycles. The van der Waals surface area contributed by atoms with Crippen molar-refractivity contribution >= 4 is 11.6 Å². The molecule has 1 aromatic carbocycles. The van der Waals surface area contributed by atoms with Crippen molar-refractivity contribution in [3.63, 3.8) is 0 Å². The minimum absolute atomic E-state index is 0.0892. The molecule has 0 aliphatic carbocycles. The van der Waals surface area contributed by atoms with Crippen molar-refractivity contribution in [2.75, 3.05) is 13.7 Å². The lowest BCUT2D eigenvalue weighted by atomic mass is 10.1. The molecule has 0 amide bonds. The molecule has 0 aliphatic rings. The summed E-state index contributed by atoms with van der Waals surface area (Å²) in [4.78, 5) is 0. The molecule has 1 atom stereocenters. The number of halogens is 1. The number of hydrogen-bond donors (Lipinski definition) is 1. The Balaban J connectivity index is 2.73. The average molecular weight is 186 g/mol. The molecule has 66 valence electrons. The van der Waals surface area contributed by atoms with Gasteiger partial charge >= 0.3 is 0 Å². The van der Waals surface area contributed by atoms with E-state index in [1.807, 2.05) is 24.3 Å². The van der Waals surface area contributed by atoms with Gasteiger partial charge in [-0.1, -0.05) is 23.7 Å². The third-order valence-corrected chi connectivity index (χ3v) is 1.86. The van der Waals surface area contributed by atoms with Crippen molar-refractivity contribution in [2.24, 2.45) is 5.73 Å². The van der Waals surface area contributed by atoms with E-state index in [1.165, 1.54) is 0 Å². The van der Waals surface area contributed by atoms with Crippen LogP contribution in [0, 0.1) is 0 Å². The quantitative estimate of drug-likeness (QED) is 0.782. The standard InChI is InChI=1S/C9H12ClNO/c1-12-6-9(11)7-3-2-4-8(10)5-7/h2-5,9H,6,11H2,1H3/t9-/m1/s1. The van der Waals surface area contributed by atoms with Gasteiger partial charge in [-0.3, -0.25) is 0 Å². The fourth-order valence-corrected chi connectivity index (χ4v) is 1.21. The zero-order chi connectivity index (χ0) is 8.97. The Bertz CT molecular complexity index is 252. The Kier molecular flexibility index (Phi) is 3.53. The third-order valence-electron chi connectivity index (χ3n) is 1.62. The maximum absolute atomic E-state index is 5.79. The van der Waals surface area contributed by atoms with Gasteiger partial charge in [-0.2, -0.15) is 0 Å². The van der Waals surface area contributed by atoms with Gasteiger partial charge in [0.05, 0.1) is 12.6 Å². The van der Waals surface area contributed by atoms with Crippen LogP contribution < -0.4 is 5.73 Å². The SMILES string of the molecule is COC[C@@H](N)c1cccc(Cl)c1. The van der Waals surface area contributed by atoms with E-state index in [4.69, 9.17) is 22.1 Å². The summed E-state index contributed by atoms with van der Waals surface area (Å²) in [5.74, 6) is 0. The van der Waals surface area contributed by atoms with Crippen LogP contribution >= 0.6 is 11.6 Å². The molecule has 1 aromatic rings. The van der Waals surface area contributed by atoms with Crippen LogP contribution in [0.5, 0.6) is 0 Å². The highest BCUT2D eigenvalue weighted by molar-refractivity contribution is 6.30. The van der Waals surface area contributed by atoms with Gasteiger partial charge in [0, 0.05) is 12.1 Å². The summed E-state index contributed by atoms with van der Waals surface area (Å²) in [5.41, 5.74) is 6.79. The van der Waals surface area contributed by atoms with Crippen molar-refractivity contribution < 1.29 is 4.74 Å². The fourth-order valence-electron chi connectivity index (χ4n) is 1.01. The Labute approximate surface area is 77.3 Å². The molecule has 0 saturated carbocycles. The van der Waals surface area contributed by atoms with Gasteiger partial charge < -0.3 is 10.5 Å². The molecule has 0 radical (unpaired) electrons. The molecule has 0 bridgehead atoms. The highest BCUT2D eigenvalue weighted by atomic mass is 35.5. The summed E-state index contributed by atoms with van der Waals surface area (Å²) in [7, 11) is 1.63. The zero-order valence-corrected chi connectivity index (χ0v) is 7.71. The van der Waals surface area contributed by atoms with Crippen molar-refractivity contribution in [3.05, 3.63) is 34.9 Å². The van der Waals surface area contributed by atoms with Crippen molar-refractivity contribution in [1.29, 1.82) is 0 Å². The van der Waals surface area contributed by atoms with Crippen LogP contribution in [0.25, 0.3) is 0 Å². The highest BCUT2D eigenvalue weighted by Gasteiger charge is 2.04. The lowest BCUT2D eigenvalue weighted by molar-refractivity contribution is 0.181. The van der Waals surface area contributed by atoms with Crippen molar-refractivity contribution in [1.82, 2.24) is 0 Å². The second kappa shape index (κ2) is 4.45. The molecule has 0 aromatic heterocycles. The van der Waals surface area contributed by atoms with Gasteiger partial charge in [0.1, 0.15) is 0 Å². The minimum atomic E-state index is -0.0892. The number of rotatable bonds is 3. The van der Waals surface area contributed by atoms with E-state index in [1.54, 1.807) is 7.11 Å². The lowest BCUT2D eigenvalue weighted by Gasteiger charge is -2.10. The molecule has 0 aliphatic heterocycles. The van der Waals surface area contributed by atoms with Crippen molar-refractivity contribution in [3.8, 4) is 0 Å². The van der Waals surface area contributed by atoms with E-state index in [2.05, 4.69) is 0 Å². The molecule has 2 nitrogen and oxygen atoms in total. The maximum Gasteiger partial charge on any atom is 0.0655 e. The van der Waals surface area contributed by atoms with Gasteiger partial charge in [-0.05, 0) is 17.7 Å². The minimum Gasteiger partial charge on any atom is -0.383 e. The van der Waals surface area contributed by atoms with Crippen LogP contribution in [0.15, 0.2) is 24.3 Å². The average Bonchev–Trinajstić information content (AvgIpc) is 2.05. The van der Waals surface area contributed by atoms with Gasteiger partial charge in [-0.15, -0.1) is 0 Å². The highest BCUT2D eigenvalue weighted by Crippen LogP contribution is 2.15. The molecule has 3 heteroatoms. The monoisotopic (exact) mass is 185 g/mol. The van der Waals surface area contributed by atoms with E-state index in [0.29, 0.717) is 11.6 Å². The van der Waals surface area contributed by atoms with E-state index >= 15 is 0 Å². The largest absolute Gasteiger partial charge is 0.383 e. The van der Waals surface area contributed by atoms with Gasteiger partial charge in [0.25, 0.3) is 0 Å². The molecule has 0 fully saturated rings. The summed E-state index contributed by atoms with van der Waals surface area (Å²) in [6, 6.07) is 7.41. The molecule has 1 rings (SSSR count). The molecule has 2 N–H and O–H groups in total. The smallest absolute Gasteiger partial charge is 0.0655 e. The Hall–Kier alpha value is -0.570. The summed E-state index contributed by atoms with van der Waals surface area (Å²) < 4.78 is 4.93. The topological polar surface area (TPSA) is 35.2 Å².